The van der Waals surface area contributed by atoms with Gasteiger partial charge in [0.15, 0.2) is 0 Å². The molecule has 3 rings (SSSR count). The summed E-state index contributed by atoms with van der Waals surface area (Å²) in [5.41, 5.74) is 1.11. The molecule has 1 aromatic rings. The largest absolute Gasteiger partial charge is 0.487 e. The van der Waals surface area contributed by atoms with Gasteiger partial charge in [-0.25, -0.2) is 8.42 Å². The van der Waals surface area contributed by atoms with E-state index < -0.39 is 10.0 Å². The van der Waals surface area contributed by atoms with E-state index in [1.54, 1.807) is 0 Å². The van der Waals surface area contributed by atoms with Crippen molar-refractivity contribution in [2.45, 2.75) is 18.9 Å². The molecule has 134 valence electrons. The first kappa shape index (κ1) is 17.5. The molecule has 2 heterocycles. The van der Waals surface area contributed by atoms with Gasteiger partial charge in [-0.2, -0.15) is 4.31 Å². The fraction of sp³-hybridized carbons (Fsp3) is 0.647. The molecule has 0 amide bonds. The third kappa shape index (κ3) is 4.20. The number of rotatable bonds is 4. The van der Waals surface area contributed by atoms with Gasteiger partial charge in [0.05, 0.1) is 18.5 Å². The van der Waals surface area contributed by atoms with E-state index in [9.17, 15) is 8.42 Å². The quantitative estimate of drug-likeness (QED) is 0.815. The van der Waals surface area contributed by atoms with Crippen molar-refractivity contribution in [3.8, 4) is 5.75 Å². The van der Waals surface area contributed by atoms with E-state index in [0.717, 1.165) is 50.5 Å². The predicted octanol–water partition coefficient (Wildman–Crippen LogP) is 1.24. The van der Waals surface area contributed by atoms with Gasteiger partial charge < -0.3 is 14.5 Å². The Morgan fingerprint density at radius 3 is 2.50 bits per heavy atom. The number of hydrogen-bond acceptors (Lipinski definition) is 5. The molecule has 6 nitrogen and oxygen atoms in total. The Bertz CT molecular complexity index is 657. The molecule has 0 radical (unpaired) electrons. The summed E-state index contributed by atoms with van der Waals surface area (Å²) in [5.74, 6) is 0.863. The lowest BCUT2D eigenvalue weighted by Crippen LogP contribution is -2.45. The summed E-state index contributed by atoms with van der Waals surface area (Å²) < 4.78 is 31.3. The number of hydrogen-bond donors (Lipinski definition) is 0. The molecule has 1 unspecified atom stereocenters. The number of sulfonamides is 1. The smallest absolute Gasteiger partial charge is 0.211 e. The van der Waals surface area contributed by atoms with Crippen LogP contribution in [0.4, 0.5) is 5.69 Å². The molecule has 1 aromatic carbocycles. The van der Waals surface area contributed by atoms with Crippen LogP contribution in [0.3, 0.4) is 0 Å². The number of piperazine rings is 1. The Kier molecular flexibility index (Phi) is 5.32. The van der Waals surface area contributed by atoms with Crippen LogP contribution in [0.1, 0.15) is 12.8 Å². The predicted molar refractivity (Wildman–Crippen MR) is 96.2 cm³/mol. The van der Waals surface area contributed by atoms with Gasteiger partial charge in [-0.1, -0.05) is 12.1 Å². The lowest BCUT2D eigenvalue weighted by molar-refractivity contribution is 0.130. The lowest BCUT2D eigenvalue weighted by Gasteiger charge is -2.36. The molecule has 1 atom stereocenters. The number of anilines is 1. The standard InChI is InChI=1S/C17H27N3O3S/c1-18-10-12-19(13-11-18)16-7-3-4-8-17(16)23-15-6-5-9-20(14-15)24(2,21)22/h3-4,7-8,15H,5-6,9-14H2,1-2H3. The molecule has 2 aliphatic rings. The number of piperidine rings is 1. The maximum Gasteiger partial charge on any atom is 0.211 e. The first-order valence-electron chi connectivity index (χ1n) is 8.58. The molecule has 0 spiro atoms. The first-order valence-corrected chi connectivity index (χ1v) is 10.4. The summed E-state index contributed by atoms with van der Waals surface area (Å²) in [6, 6.07) is 8.10. The van der Waals surface area contributed by atoms with Crippen molar-refractivity contribution in [3.05, 3.63) is 24.3 Å². The minimum atomic E-state index is -3.15. The topological polar surface area (TPSA) is 53.1 Å². The van der Waals surface area contributed by atoms with Gasteiger partial charge in [-0.15, -0.1) is 0 Å². The van der Waals surface area contributed by atoms with Crippen LogP contribution in [0.5, 0.6) is 5.75 Å². The van der Waals surface area contributed by atoms with Crippen molar-refractivity contribution < 1.29 is 13.2 Å². The van der Waals surface area contributed by atoms with Crippen molar-refractivity contribution in [3.63, 3.8) is 0 Å². The molecule has 7 heteroatoms. The maximum atomic E-state index is 11.8. The van der Waals surface area contributed by atoms with Crippen LogP contribution in [0.15, 0.2) is 24.3 Å². The van der Waals surface area contributed by atoms with Crippen LogP contribution in [-0.2, 0) is 10.0 Å². The number of likely N-dealkylation sites (N-methyl/N-ethyl adjacent to an activating group) is 1. The van der Waals surface area contributed by atoms with Gasteiger partial charge in [-0.3, -0.25) is 0 Å². The summed E-state index contributed by atoms with van der Waals surface area (Å²) in [6.45, 7) is 5.09. The van der Waals surface area contributed by atoms with E-state index in [2.05, 4.69) is 22.9 Å². The summed E-state index contributed by atoms with van der Waals surface area (Å²) in [6.07, 6.45) is 2.92. The third-order valence-electron chi connectivity index (χ3n) is 4.81. The average Bonchev–Trinajstić information content (AvgIpc) is 2.56. The third-order valence-corrected chi connectivity index (χ3v) is 6.08. The average molecular weight is 353 g/mol. The molecular weight excluding hydrogens is 326 g/mol. The molecule has 2 fully saturated rings. The van der Waals surface area contributed by atoms with Crippen molar-refractivity contribution >= 4 is 15.7 Å². The first-order chi connectivity index (χ1) is 11.4. The van der Waals surface area contributed by atoms with E-state index in [1.165, 1.54) is 10.6 Å². The Labute approximate surface area is 145 Å². The molecule has 2 saturated heterocycles. The van der Waals surface area contributed by atoms with Crippen LogP contribution >= 0.6 is 0 Å². The van der Waals surface area contributed by atoms with E-state index in [-0.39, 0.29) is 6.10 Å². The molecule has 0 N–H and O–H groups in total. The Morgan fingerprint density at radius 1 is 1.08 bits per heavy atom. The molecular formula is C17H27N3O3S. The van der Waals surface area contributed by atoms with E-state index in [1.807, 2.05) is 18.2 Å². The van der Waals surface area contributed by atoms with Crippen LogP contribution in [-0.4, -0.2) is 76.3 Å². The highest BCUT2D eigenvalue weighted by Crippen LogP contribution is 2.31. The van der Waals surface area contributed by atoms with Crippen molar-refractivity contribution in [1.29, 1.82) is 0 Å². The van der Waals surface area contributed by atoms with E-state index in [4.69, 9.17) is 4.74 Å². The monoisotopic (exact) mass is 353 g/mol. The van der Waals surface area contributed by atoms with Gasteiger partial charge in [0, 0.05) is 32.7 Å². The highest BCUT2D eigenvalue weighted by Gasteiger charge is 2.28. The molecule has 0 saturated carbocycles. The van der Waals surface area contributed by atoms with Crippen LogP contribution in [0.2, 0.25) is 0 Å². The van der Waals surface area contributed by atoms with Crippen molar-refractivity contribution in [2.75, 3.05) is 57.5 Å². The number of ether oxygens (including phenoxy) is 1. The summed E-state index contributed by atoms with van der Waals surface area (Å²) in [5, 5.41) is 0. The minimum absolute atomic E-state index is 0.0814. The Morgan fingerprint density at radius 2 is 1.79 bits per heavy atom. The van der Waals surface area contributed by atoms with Crippen LogP contribution in [0, 0.1) is 0 Å². The summed E-state index contributed by atoms with van der Waals surface area (Å²) in [7, 11) is -1.01. The minimum Gasteiger partial charge on any atom is -0.487 e. The van der Waals surface area contributed by atoms with Gasteiger partial charge in [0.25, 0.3) is 0 Å². The molecule has 2 aliphatic heterocycles. The second-order valence-corrected chi connectivity index (χ2v) is 8.74. The SMILES string of the molecule is CN1CCN(c2ccccc2OC2CCCN(S(C)(=O)=O)C2)CC1. The zero-order valence-corrected chi connectivity index (χ0v) is 15.3. The van der Waals surface area contributed by atoms with Gasteiger partial charge in [0.1, 0.15) is 11.9 Å². The highest BCUT2D eigenvalue weighted by atomic mass is 32.2. The molecule has 0 bridgehead atoms. The molecule has 0 aromatic heterocycles. The maximum absolute atomic E-state index is 11.8. The molecule has 0 aliphatic carbocycles. The van der Waals surface area contributed by atoms with Gasteiger partial charge >= 0.3 is 0 Å². The lowest BCUT2D eigenvalue weighted by atomic mass is 10.1. The normalized spacial score (nSPS) is 24.1. The van der Waals surface area contributed by atoms with Gasteiger partial charge in [-0.05, 0) is 32.0 Å². The zero-order chi connectivity index (χ0) is 17.2. The van der Waals surface area contributed by atoms with Crippen LogP contribution < -0.4 is 9.64 Å². The zero-order valence-electron chi connectivity index (χ0n) is 14.5. The number of benzene rings is 1. The fourth-order valence-corrected chi connectivity index (χ4v) is 4.25. The van der Waals surface area contributed by atoms with Gasteiger partial charge in [0.2, 0.25) is 10.0 Å². The second-order valence-electron chi connectivity index (χ2n) is 6.76. The van der Waals surface area contributed by atoms with Crippen LogP contribution in [0.25, 0.3) is 0 Å². The Hall–Kier alpha value is -1.31. The summed E-state index contributed by atoms with van der Waals surface area (Å²) in [4.78, 5) is 4.68. The van der Waals surface area contributed by atoms with Crippen molar-refractivity contribution in [1.82, 2.24) is 9.21 Å². The van der Waals surface area contributed by atoms with E-state index >= 15 is 0 Å². The fourth-order valence-electron chi connectivity index (χ4n) is 3.35. The number of nitrogens with zero attached hydrogens (tertiary/aromatic N) is 3. The number of para-hydroxylation sites is 2. The summed E-state index contributed by atoms with van der Waals surface area (Å²) >= 11 is 0. The van der Waals surface area contributed by atoms with Crippen molar-refractivity contribution in [2.24, 2.45) is 0 Å². The molecule has 24 heavy (non-hydrogen) atoms. The van der Waals surface area contributed by atoms with E-state index in [0.29, 0.717) is 13.1 Å². The second kappa shape index (κ2) is 7.29. The highest BCUT2D eigenvalue weighted by molar-refractivity contribution is 7.88. The Balaban J connectivity index is 1.71.